The maximum atomic E-state index is 12.3. The molecule has 0 aliphatic heterocycles. The molecule has 120 valence electrons. The molecule has 2 unspecified atom stereocenters. The van der Waals surface area contributed by atoms with Gasteiger partial charge in [-0.2, -0.15) is 17.4 Å². The van der Waals surface area contributed by atoms with Crippen molar-refractivity contribution in [3.8, 4) is 0 Å². The van der Waals surface area contributed by atoms with Gasteiger partial charge in [0, 0.05) is 19.6 Å². The minimum absolute atomic E-state index is 0.0960. The quantitative estimate of drug-likeness (QED) is 0.530. The monoisotopic (exact) mass is 305 g/mol. The highest BCUT2D eigenvalue weighted by molar-refractivity contribution is 7.87. The Kier molecular flexibility index (Phi) is 8.02. The topological polar surface area (TPSA) is 61.4 Å². The van der Waals surface area contributed by atoms with Crippen molar-refractivity contribution in [2.24, 2.45) is 5.92 Å². The van der Waals surface area contributed by atoms with Gasteiger partial charge in [-0.3, -0.25) is 0 Å². The fourth-order valence-electron chi connectivity index (χ4n) is 2.67. The molecule has 1 aliphatic rings. The second-order valence-corrected chi connectivity index (χ2v) is 7.68. The van der Waals surface area contributed by atoms with Crippen LogP contribution in [-0.2, 0) is 10.2 Å². The summed E-state index contributed by atoms with van der Waals surface area (Å²) in [4.78, 5) is 0. The minimum atomic E-state index is -3.34. The normalized spacial score (nSPS) is 24.8. The molecule has 0 aromatic rings. The first-order valence-corrected chi connectivity index (χ1v) is 9.35. The second kappa shape index (κ2) is 8.97. The van der Waals surface area contributed by atoms with Crippen molar-refractivity contribution < 1.29 is 8.42 Å². The van der Waals surface area contributed by atoms with Crippen LogP contribution in [0.15, 0.2) is 0 Å². The van der Waals surface area contributed by atoms with E-state index in [1.165, 1.54) is 17.1 Å². The van der Waals surface area contributed by atoms with Gasteiger partial charge in [0.25, 0.3) is 10.2 Å². The summed E-state index contributed by atoms with van der Waals surface area (Å²) < 4.78 is 29.0. The van der Waals surface area contributed by atoms with Crippen molar-refractivity contribution in [3.05, 3.63) is 0 Å². The van der Waals surface area contributed by atoms with Crippen LogP contribution in [0, 0.1) is 5.92 Å². The van der Waals surface area contributed by atoms with E-state index in [2.05, 4.69) is 23.9 Å². The molecule has 0 aromatic carbocycles. The fourth-order valence-corrected chi connectivity index (χ4v) is 3.96. The first-order valence-electron chi connectivity index (χ1n) is 7.91. The summed E-state index contributed by atoms with van der Waals surface area (Å²) in [6.07, 6.45) is 6.50. The highest BCUT2D eigenvalue weighted by Crippen LogP contribution is 2.23. The molecule has 20 heavy (non-hydrogen) atoms. The lowest BCUT2D eigenvalue weighted by Gasteiger charge is -2.26. The molecule has 0 radical (unpaired) electrons. The molecular weight excluding hydrogens is 274 g/mol. The van der Waals surface area contributed by atoms with Gasteiger partial charge in [-0.25, -0.2) is 0 Å². The van der Waals surface area contributed by atoms with Crippen LogP contribution >= 0.6 is 0 Å². The summed E-state index contributed by atoms with van der Waals surface area (Å²) in [5.41, 5.74) is 0. The van der Waals surface area contributed by atoms with Crippen LogP contribution in [0.5, 0.6) is 0 Å². The van der Waals surface area contributed by atoms with Gasteiger partial charge in [0.05, 0.1) is 0 Å². The molecule has 0 bridgehead atoms. The maximum Gasteiger partial charge on any atom is 0.279 e. The first-order chi connectivity index (χ1) is 9.47. The van der Waals surface area contributed by atoms with E-state index >= 15 is 0 Å². The highest BCUT2D eigenvalue weighted by atomic mass is 32.2. The molecule has 2 N–H and O–H groups in total. The van der Waals surface area contributed by atoms with E-state index in [4.69, 9.17) is 0 Å². The molecule has 0 spiro atoms. The molecule has 0 saturated heterocycles. The summed E-state index contributed by atoms with van der Waals surface area (Å²) in [5.74, 6) is 0.433. The third-order valence-electron chi connectivity index (χ3n) is 4.15. The number of hydrogen-bond donors (Lipinski definition) is 2. The summed E-state index contributed by atoms with van der Waals surface area (Å²) in [5, 5.41) is 3.21. The maximum absolute atomic E-state index is 12.3. The van der Waals surface area contributed by atoms with Crippen LogP contribution in [0.2, 0.25) is 0 Å². The lowest BCUT2D eigenvalue weighted by atomic mass is 9.98. The van der Waals surface area contributed by atoms with Crippen LogP contribution in [0.4, 0.5) is 0 Å². The van der Waals surface area contributed by atoms with E-state index < -0.39 is 10.2 Å². The van der Waals surface area contributed by atoms with E-state index in [1.807, 2.05) is 0 Å². The molecule has 1 saturated carbocycles. The molecule has 2 atom stereocenters. The van der Waals surface area contributed by atoms with Crippen LogP contribution in [0.1, 0.15) is 52.4 Å². The van der Waals surface area contributed by atoms with Gasteiger partial charge >= 0.3 is 0 Å². The van der Waals surface area contributed by atoms with E-state index in [0.717, 1.165) is 38.8 Å². The molecule has 0 heterocycles. The van der Waals surface area contributed by atoms with Gasteiger partial charge in [0.1, 0.15) is 0 Å². The van der Waals surface area contributed by atoms with Crippen molar-refractivity contribution in [2.75, 3.05) is 26.7 Å². The summed E-state index contributed by atoms with van der Waals surface area (Å²) >= 11 is 0. The predicted octanol–water partition coefficient (Wildman–Crippen LogP) is 1.72. The van der Waals surface area contributed by atoms with Crippen molar-refractivity contribution in [1.82, 2.24) is 14.3 Å². The molecule has 6 heteroatoms. The smallest absolute Gasteiger partial charge is 0.279 e. The van der Waals surface area contributed by atoms with Crippen LogP contribution in [0.25, 0.3) is 0 Å². The zero-order valence-corrected chi connectivity index (χ0v) is 14.0. The van der Waals surface area contributed by atoms with Crippen molar-refractivity contribution in [1.29, 1.82) is 0 Å². The third-order valence-corrected chi connectivity index (χ3v) is 5.75. The Labute approximate surface area is 124 Å². The van der Waals surface area contributed by atoms with Crippen LogP contribution < -0.4 is 10.0 Å². The summed E-state index contributed by atoms with van der Waals surface area (Å²) in [6.45, 7) is 6.55. The van der Waals surface area contributed by atoms with Crippen molar-refractivity contribution in [3.63, 3.8) is 0 Å². The second-order valence-electron chi connectivity index (χ2n) is 5.87. The molecule has 0 amide bonds. The number of hydrogen-bond acceptors (Lipinski definition) is 3. The Morgan fingerprint density at radius 2 is 1.90 bits per heavy atom. The Hall–Kier alpha value is -0.170. The van der Waals surface area contributed by atoms with Gasteiger partial charge in [-0.1, -0.05) is 33.1 Å². The predicted molar refractivity (Wildman–Crippen MR) is 83.9 cm³/mol. The largest absolute Gasteiger partial charge is 0.317 e. The van der Waals surface area contributed by atoms with Crippen molar-refractivity contribution in [2.45, 2.75) is 58.4 Å². The summed E-state index contributed by atoms with van der Waals surface area (Å²) in [6, 6.07) is 0.0960. The number of rotatable bonds is 8. The molecular formula is C14H31N3O2S. The van der Waals surface area contributed by atoms with Gasteiger partial charge in [0.2, 0.25) is 0 Å². The molecule has 5 nitrogen and oxygen atoms in total. The zero-order valence-electron chi connectivity index (χ0n) is 13.2. The van der Waals surface area contributed by atoms with E-state index in [9.17, 15) is 8.42 Å². The van der Waals surface area contributed by atoms with E-state index in [0.29, 0.717) is 12.5 Å². The van der Waals surface area contributed by atoms with Crippen LogP contribution in [0.3, 0.4) is 0 Å². The van der Waals surface area contributed by atoms with Gasteiger partial charge < -0.3 is 5.32 Å². The number of nitrogens with one attached hydrogen (secondary N) is 2. The SMILES string of the molecule is CCNCCCN(C)S(=O)(=O)NC1CCCCCC1C. The van der Waals surface area contributed by atoms with Gasteiger partial charge in [-0.05, 0) is 38.3 Å². The van der Waals surface area contributed by atoms with E-state index in [-0.39, 0.29) is 6.04 Å². The van der Waals surface area contributed by atoms with Crippen LogP contribution in [-0.4, -0.2) is 45.4 Å². The minimum Gasteiger partial charge on any atom is -0.317 e. The third kappa shape index (κ3) is 6.08. The Balaban J connectivity index is 2.45. The van der Waals surface area contributed by atoms with Gasteiger partial charge in [0.15, 0.2) is 0 Å². The summed E-state index contributed by atoms with van der Waals surface area (Å²) in [7, 11) is -1.68. The Bertz CT molecular complexity index is 359. The highest BCUT2D eigenvalue weighted by Gasteiger charge is 2.26. The average Bonchev–Trinajstić information content (AvgIpc) is 2.59. The number of nitrogens with zero attached hydrogens (tertiary/aromatic N) is 1. The standard InChI is InChI=1S/C14H31N3O2S/c1-4-15-11-8-12-17(3)20(18,19)16-14-10-7-5-6-9-13(14)2/h13-16H,4-12H2,1-3H3. The van der Waals surface area contributed by atoms with E-state index in [1.54, 1.807) is 7.05 Å². The average molecular weight is 305 g/mol. The Morgan fingerprint density at radius 1 is 1.20 bits per heavy atom. The lowest BCUT2D eigenvalue weighted by molar-refractivity contribution is 0.378. The zero-order chi connectivity index (χ0) is 15.0. The first kappa shape index (κ1) is 17.9. The van der Waals surface area contributed by atoms with Crippen molar-refractivity contribution >= 4 is 10.2 Å². The van der Waals surface area contributed by atoms with Gasteiger partial charge in [-0.15, -0.1) is 0 Å². The molecule has 1 aliphatic carbocycles. The molecule has 0 aromatic heterocycles. The lowest BCUT2D eigenvalue weighted by Crippen LogP contribution is -2.46. The molecule has 1 fully saturated rings. The fraction of sp³-hybridized carbons (Fsp3) is 1.00. The molecule has 1 rings (SSSR count). The Morgan fingerprint density at radius 3 is 2.60 bits per heavy atom.